The van der Waals surface area contributed by atoms with Crippen LogP contribution >= 0.6 is 0 Å². The lowest BCUT2D eigenvalue weighted by Crippen LogP contribution is -2.14. The molecule has 1 aliphatic rings. The van der Waals surface area contributed by atoms with Gasteiger partial charge in [-0.2, -0.15) is 0 Å². The first-order valence-electron chi connectivity index (χ1n) is 6.28. The Hall–Kier alpha value is -1.02. The average molecular weight is 219 g/mol. The van der Waals surface area contributed by atoms with Crippen molar-refractivity contribution in [3.63, 3.8) is 0 Å². The van der Waals surface area contributed by atoms with Crippen LogP contribution < -0.4 is 10.5 Å². The van der Waals surface area contributed by atoms with Gasteiger partial charge < -0.3 is 10.5 Å². The smallest absolute Gasteiger partial charge is 0.119 e. The topological polar surface area (TPSA) is 35.2 Å². The molecule has 2 N–H and O–H groups in total. The number of rotatable bonds is 4. The summed E-state index contributed by atoms with van der Waals surface area (Å²) in [5.74, 6) is 1.64. The lowest BCUT2D eigenvalue weighted by Gasteiger charge is -2.11. The highest BCUT2D eigenvalue weighted by Crippen LogP contribution is 2.34. The first-order valence-corrected chi connectivity index (χ1v) is 6.28. The summed E-state index contributed by atoms with van der Waals surface area (Å²) in [4.78, 5) is 0. The van der Waals surface area contributed by atoms with Crippen molar-refractivity contribution in [1.82, 2.24) is 0 Å². The Morgan fingerprint density at radius 2 is 2.00 bits per heavy atom. The average Bonchev–Trinajstić information content (AvgIpc) is 2.74. The van der Waals surface area contributed by atoms with E-state index in [1.54, 1.807) is 0 Å². The van der Waals surface area contributed by atoms with E-state index in [9.17, 15) is 0 Å². The Balaban J connectivity index is 1.96. The van der Waals surface area contributed by atoms with E-state index in [0.29, 0.717) is 12.0 Å². The second-order valence-electron chi connectivity index (χ2n) is 4.69. The van der Waals surface area contributed by atoms with Crippen molar-refractivity contribution in [2.24, 2.45) is 5.73 Å². The van der Waals surface area contributed by atoms with Crippen molar-refractivity contribution >= 4 is 0 Å². The van der Waals surface area contributed by atoms with E-state index in [-0.39, 0.29) is 0 Å². The Morgan fingerprint density at radius 1 is 1.25 bits per heavy atom. The van der Waals surface area contributed by atoms with E-state index < -0.39 is 0 Å². The van der Waals surface area contributed by atoms with E-state index in [0.717, 1.165) is 25.2 Å². The van der Waals surface area contributed by atoms with Gasteiger partial charge in [-0.3, -0.25) is 0 Å². The van der Waals surface area contributed by atoms with E-state index in [4.69, 9.17) is 10.5 Å². The monoisotopic (exact) mass is 219 g/mol. The fourth-order valence-corrected chi connectivity index (χ4v) is 2.38. The molecular formula is C14H21NO. The maximum absolute atomic E-state index is 5.93. The van der Waals surface area contributed by atoms with Crippen LogP contribution in [0.4, 0.5) is 0 Å². The first-order chi connectivity index (χ1) is 7.79. The zero-order valence-corrected chi connectivity index (χ0v) is 9.99. The lowest BCUT2D eigenvalue weighted by atomic mass is 9.97. The van der Waals surface area contributed by atoms with Crippen LogP contribution in [0.3, 0.4) is 0 Å². The highest BCUT2D eigenvalue weighted by molar-refractivity contribution is 5.30. The third kappa shape index (κ3) is 2.76. The third-order valence-electron chi connectivity index (χ3n) is 3.30. The van der Waals surface area contributed by atoms with Crippen molar-refractivity contribution in [3.05, 3.63) is 29.8 Å². The van der Waals surface area contributed by atoms with E-state index in [2.05, 4.69) is 31.2 Å². The fraction of sp³-hybridized carbons (Fsp3) is 0.571. The van der Waals surface area contributed by atoms with Crippen LogP contribution in [0.1, 0.15) is 44.1 Å². The number of ether oxygens (including phenoxy) is 1. The molecule has 1 aromatic carbocycles. The van der Waals surface area contributed by atoms with Crippen LogP contribution in [-0.2, 0) is 0 Å². The summed E-state index contributed by atoms with van der Waals surface area (Å²) < 4.78 is 5.57. The summed E-state index contributed by atoms with van der Waals surface area (Å²) >= 11 is 0. The lowest BCUT2D eigenvalue weighted by molar-refractivity contribution is 0.317. The molecule has 2 atom stereocenters. The molecule has 0 bridgehead atoms. The third-order valence-corrected chi connectivity index (χ3v) is 3.30. The van der Waals surface area contributed by atoms with Crippen LogP contribution in [0.2, 0.25) is 0 Å². The molecule has 2 rings (SSSR count). The van der Waals surface area contributed by atoms with Gasteiger partial charge in [0.1, 0.15) is 5.75 Å². The molecule has 1 aliphatic carbocycles. The molecule has 1 saturated carbocycles. The fourth-order valence-electron chi connectivity index (χ4n) is 2.38. The second kappa shape index (κ2) is 5.35. The van der Waals surface area contributed by atoms with Gasteiger partial charge in [0, 0.05) is 6.04 Å². The summed E-state index contributed by atoms with van der Waals surface area (Å²) in [6, 6.07) is 8.94. The van der Waals surface area contributed by atoms with Crippen LogP contribution in [0.15, 0.2) is 24.3 Å². The number of nitrogens with two attached hydrogens (primary N) is 1. The number of hydrogen-bond donors (Lipinski definition) is 1. The molecule has 88 valence electrons. The largest absolute Gasteiger partial charge is 0.494 e. The maximum Gasteiger partial charge on any atom is 0.119 e. The van der Waals surface area contributed by atoms with Gasteiger partial charge in [0.25, 0.3) is 0 Å². The Bertz CT molecular complexity index is 320. The van der Waals surface area contributed by atoms with Gasteiger partial charge >= 0.3 is 0 Å². The van der Waals surface area contributed by atoms with Crippen LogP contribution in [-0.4, -0.2) is 12.6 Å². The van der Waals surface area contributed by atoms with Gasteiger partial charge in [0.05, 0.1) is 6.61 Å². The predicted octanol–water partition coefficient (Wildman–Crippen LogP) is 3.07. The summed E-state index contributed by atoms with van der Waals surface area (Å²) in [5.41, 5.74) is 7.35. The standard InChI is InChI=1S/C14H21NO/c1-2-9-16-14-7-4-11(5-8-14)12-3-6-13(15)10-12/h4-5,7-8,12-13H,2-3,6,9-10,15H2,1H3. The van der Waals surface area contributed by atoms with Crippen LogP contribution in [0.25, 0.3) is 0 Å². The number of benzene rings is 1. The molecule has 16 heavy (non-hydrogen) atoms. The van der Waals surface area contributed by atoms with Crippen molar-refractivity contribution in [1.29, 1.82) is 0 Å². The minimum absolute atomic E-state index is 0.404. The molecule has 0 spiro atoms. The minimum Gasteiger partial charge on any atom is -0.494 e. The zero-order chi connectivity index (χ0) is 11.4. The summed E-state index contributed by atoms with van der Waals surface area (Å²) in [6.07, 6.45) is 4.59. The van der Waals surface area contributed by atoms with Gasteiger partial charge in [0.15, 0.2) is 0 Å². The molecule has 1 fully saturated rings. The van der Waals surface area contributed by atoms with Crippen molar-refractivity contribution < 1.29 is 4.74 Å². The molecule has 2 heteroatoms. The van der Waals surface area contributed by atoms with Crippen LogP contribution in [0.5, 0.6) is 5.75 Å². The van der Waals surface area contributed by atoms with Gasteiger partial charge in [-0.05, 0) is 49.3 Å². The number of hydrogen-bond acceptors (Lipinski definition) is 2. The molecular weight excluding hydrogens is 198 g/mol. The molecule has 0 saturated heterocycles. The zero-order valence-electron chi connectivity index (χ0n) is 9.99. The van der Waals surface area contributed by atoms with Crippen LogP contribution in [0, 0.1) is 0 Å². The molecule has 0 radical (unpaired) electrons. The van der Waals surface area contributed by atoms with Crippen molar-refractivity contribution in [3.8, 4) is 5.75 Å². The van der Waals surface area contributed by atoms with Crippen molar-refractivity contribution in [2.45, 2.75) is 44.6 Å². The predicted molar refractivity (Wildman–Crippen MR) is 66.8 cm³/mol. The van der Waals surface area contributed by atoms with Gasteiger partial charge in [-0.1, -0.05) is 19.1 Å². The molecule has 0 aliphatic heterocycles. The molecule has 0 amide bonds. The van der Waals surface area contributed by atoms with E-state index in [1.807, 2.05) is 0 Å². The second-order valence-corrected chi connectivity index (χ2v) is 4.69. The highest BCUT2D eigenvalue weighted by Gasteiger charge is 2.22. The Labute approximate surface area is 97.8 Å². The normalized spacial score (nSPS) is 24.6. The van der Waals surface area contributed by atoms with Gasteiger partial charge in [0.2, 0.25) is 0 Å². The molecule has 2 nitrogen and oxygen atoms in total. The summed E-state index contributed by atoms with van der Waals surface area (Å²) in [5, 5.41) is 0. The minimum atomic E-state index is 0.404. The van der Waals surface area contributed by atoms with Gasteiger partial charge in [-0.15, -0.1) is 0 Å². The Kier molecular flexibility index (Phi) is 3.83. The van der Waals surface area contributed by atoms with Gasteiger partial charge in [-0.25, -0.2) is 0 Å². The van der Waals surface area contributed by atoms with E-state index >= 15 is 0 Å². The van der Waals surface area contributed by atoms with Crippen molar-refractivity contribution in [2.75, 3.05) is 6.61 Å². The molecule has 1 aromatic rings. The maximum atomic E-state index is 5.93. The molecule has 0 heterocycles. The molecule has 2 unspecified atom stereocenters. The Morgan fingerprint density at radius 3 is 2.56 bits per heavy atom. The van der Waals surface area contributed by atoms with E-state index in [1.165, 1.54) is 18.4 Å². The summed E-state index contributed by atoms with van der Waals surface area (Å²) in [7, 11) is 0. The quantitative estimate of drug-likeness (QED) is 0.844. The molecule has 0 aromatic heterocycles. The SMILES string of the molecule is CCCOc1ccc(C2CCC(N)C2)cc1. The summed E-state index contributed by atoms with van der Waals surface area (Å²) in [6.45, 7) is 2.92. The first kappa shape index (κ1) is 11.5. The highest BCUT2D eigenvalue weighted by atomic mass is 16.5.